The number of rotatable bonds is 2. The summed E-state index contributed by atoms with van der Waals surface area (Å²) >= 11 is 0. The number of piperidine rings is 1. The van der Waals surface area contributed by atoms with Crippen molar-refractivity contribution in [1.29, 1.82) is 0 Å². The SMILES string of the molecule is Cc1ccc(-c2ccccn2)c(C(=O)N2CCC3CNC3C2)c1. The van der Waals surface area contributed by atoms with E-state index in [0.29, 0.717) is 6.04 Å². The van der Waals surface area contributed by atoms with Gasteiger partial charge in [0.25, 0.3) is 5.91 Å². The van der Waals surface area contributed by atoms with Crippen molar-refractivity contribution in [1.82, 2.24) is 15.2 Å². The van der Waals surface area contributed by atoms with Gasteiger partial charge in [0.2, 0.25) is 0 Å². The summed E-state index contributed by atoms with van der Waals surface area (Å²) in [4.78, 5) is 19.5. The number of pyridine rings is 1. The van der Waals surface area contributed by atoms with E-state index in [2.05, 4.69) is 10.3 Å². The molecule has 4 rings (SSSR count). The summed E-state index contributed by atoms with van der Waals surface area (Å²) < 4.78 is 0. The molecular formula is C19H21N3O. The highest BCUT2D eigenvalue weighted by Gasteiger charge is 2.37. The molecule has 2 aromatic rings. The first-order valence-corrected chi connectivity index (χ1v) is 8.27. The number of hydrogen-bond donors (Lipinski definition) is 1. The van der Waals surface area contributed by atoms with Gasteiger partial charge < -0.3 is 10.2 Å². The van der Waals surface area contributed by atoms with E-state index in [4.69, 9.17) is 0 Å². The predicted molar refractivity (Wildman–Crippen MR) is 90.2 cm³/mol. The van der Waals surface area contributed by atoms with Crippen LogP contribution in [0.1, 0.15) is 22.3 Å². The zero-order valence-corrected chi connectivity index (χ0v) is 13.3. The van der Waals surface area contributed by atoms with Crippen molar-refractivity contribution in [2.75, 3.05) is 19.6 Å². The van der Waals surface area contributed by atoms with Gasteiger partial charge in [-0.1, -0.05) is 23.8 Å². The van der Waals surface area contributed by atoms with Gasteiger partial charge in [-0.05, 0) is 44.0 Å². The molecule has 23 heavy (non-hydrogen) atoms. The van der Waals surface area contributed by atoms with Crippen molar-refractivity contribution in [3.05, 3.63) is 53.7 Å². The molecule has 2 fully saturated rings. The molecule has 2 saturated heterocycles. The van der Waals surface area contributed by atoms with Crippen molar-refractivity contribution in [3.63, 3.8) is 0 Å². The van der Waals surface area contributed by atoms with Crippen LogP contribution in [0.25, 0.3) is 11.3 Å². The van der Waals surface area contributed by atoms with E-state index >= 15 is 0 Å². The molecule has 2 aliphatic rings. The number of nitrogens with one attached hydrogen (secondary N) is 1. The quantitative estimate of drug-likeness (QED) is 0.927. The van der Waals surface area contributed by atoms with Crippen LogP contribution in [0, 0.1) is 12.8 Å². The van der Waals surface area contributed by atoms with Crippen LogP contribution < -0.4 is 5.32 Å². The van der Waals surface area contributed by atoms with Crippen LogP contribution in [0.2, 0.25) is 0 Å². The summed E-state index contributed by atoms with van der Waals surface area (Å²) in [6.45, 7) is 4.81. The molecule has 0 radical (unpaired) electrons. The molecule has 0 saturated carbocycles. The first-order valence-electron chi connectivity index (χ1n) is 8.27. The van der Waals surface area contributed by atoms with Gasteiger partial charge in [0.15, 0.2) is 0 Å². The van der Waals surface area contributed by atoms with Gasteiger partial charge in [-0.3, -0.25) is 9.78 Å². The Morgan fingerprint density at radius 3 is 2.91 bits per heavy atom. The summed E-state index contributed by atoms with van der Waals surface area (Å²) in [6.07, 6.45) is 2.88. The average Bonchev–Trinajstić information content (AvgIpc) is 2.56. The topological polar surface area (TPSA) is 45.2 Å². The minimum atomic E-state index is 0.126. The first kappa shape index (κ1) is 14.4. The van der Waals surface area contributed by atoms with Crippen LogP contribution in [0.5, 0.6) is 0 Å². The molecule has 4 heteroatoms. The molecule has 2 atom stereocenters. The summed E-state index contributed by atoms with van der Waals surface area (Å²) in [6, 6.07) is 12.3. The first-order chi connectivity index (χ1) is 11.2. The Kier molecular flexibility index (Phi) is 3.62. The minimum absolute atomic E-state index is 0.126. The molecule has 1 N–H and O–H groups in total. The van der Waals surface area contributed by atoms with Crippen LogP contribution >= 0.6 is 0 Å². The Morgan fingerprint density at radius 1 is 1.30 bits per heavy atom. The van der Waals surface area contributed by atoms with Crippen LogP contribution in [0.4, 0.5) is 0 Å². The molecule has 2 aliphatic heterocycles. The lowest BCUT2D eigenvalue weighted by molar-refractivity contribution is 0.0519. The summed E-state index contributed by atoms with van der Waals surface area (Å²) in [5.41, 5.74) is 3.64. The Labute approximate surface area is 136 Å². The smallest absolute Gasteiger partial charge is 0.254 e. The van der Waals surface area contributed by atoms with E-state index in [1.165, 1.54) is 0 Å². The third kappa shape index (κ3) is 2.63. The van der Waals surface area contributed by atoms with Crippen molar-refractivity contribution in [2.24, 2.45) is 5.92 Å². The number of nitrogens with zero attached hydrogens (tertiary/aromatic N) is 2. The van der Waals surface area contributed by atoms with Gasteiger partial charge >= 0.3 is 0 Å². The number of fused-ring (bicyclic) bond motifs is 1. The van der Waals surface area contributed by atoms with Crippen LogP contribution in [-0.4, -0.2) is 41.5 Å². The van der Waals surface area contributed by atoms with Crippen molar-refractivity contribution < 1.29 is 4.79 Å². The Morgan fingerprint density at radius 2 is 2.22 bits per heavy atom. The molecule has 2 unspecified atom stereocenters. The molecule has 118 valence electrons. The molecule has 1 aromatic carbocycles. The molecule has 1 aromatic heterocycles. The Balaban J connectivity index is 1.67. The zero-order chi connectivity index (χ0) is 15.8. The summed E-state index contributed by atoms with van der Waals surface area (Å²) in [5.74, 6) is 0.883. The number of aromatic nitrogens is 1. The van der Waals surface area contributed by atoms with Crippen molar-refractivity contribution in [2.45, 2.75) is 19.4 Å². The summed E-state index contributed by atoms with van der Waals surface area (Å²) in [7, 11) is 0. The minimum Gasteiger partial charge on any atom is -0.337 e. The highest BCUT2D eigenvalue weighted by Crippen LogP contribution is 2.28. The fraction of sp³-hybridized carbons (Fsp3) is 0.368. The fourth-order valence-electron chi connectivity index (χ4n) is 3.55. The van der Waals surface area contributed by atoms with E-state index in [1.54, 1.807) is 6.20 Å². The highest BCUT2D eigenvalue weighted by molar-refractivity contribution is 6.00. The second-order valence-corrected chi connectivity index (χ2v) is 6.58. The second-order valence-electron chi connectivity index (χ2n) is 6.58. The second kappa shape index (κ2) is 5.78. The maximum atomic E-state index is 13.1. The number of amides is 1. The molecule has 0 spiro atoms. The zero-order valence-electron chi connectivity index (χ0n) is 13.3. The molecule has 0 aliphatic carbocycles. The largest absolute Gasteiger partial charge is 0.337 e. The Bertz CT molecular complexity index is 729. The van der Waals surface area contributed by atoms with Crippen LogP contribution in [0.15, 0.2) is 42.6 Å². The number of benzene rings is 1. The standard InChI is InChI=1S/C19H21N3O/c1-13-5-6-15(17-4-2-3-8-20-17)16(10-13)19(23)22-9-7-14-11-21-18(14)12-22/h2-6,8,10,14,18,21H,7,9,11-12H2,1H3. The van der Waals surface area contributed by atoms with E-state index < -0.39 is 0 Å². The van der Waals surface area contributed by atoms with Crippen LogP contribution in [-0.2, 0) is 0 Å². The number of aryl methyl sites for hydroxylation is 1. The third-order valence-corrected chi connectivity index (χ3v) is 5.03. The van der Waals surface area contributed by atoms with Gasteiger partial charge in [0, 0.05) is 36.5 Å². The van der Waals surface area contributed by atoms with Crippen molar-refractivity contribution >= 4 is 5.91 Å². The third-order valence-electron chi connectivity index (χ3n) is 5.03. The lowest BCUT2D eigenvalue weighted by atomic mass is 9.84. The average molecular weight is 307 g/mol. The van der Waals surface area contributed by atoms with Gasteiger partial charge in [-0.2, -0.15) is 0 Å². The maximum Gasteiger partial charge on any atom is 0.254 e. The van der Waals surface area contributed by atoms with Gasteiger partial charge in [0.05, 0.1) is 5.69 Å². The summed E-state index contributed by atoms with van der Waals surface area (Å²) in [5, 5.41) is 3.44. The van der Waals surface area contributed by atoms with Gasteiger partial charge in [-0.25, -0.2) is 0 Å². The van der Waals surface area contributed by atoms with Crippen molar-refractivity contribution in [3.8, 4) is 11.3 Å². The van der Waals surface area contributed by atoms with Crippen LogP contribution in [0.3, 0.4) is 0 Å². The lowest BCUT2D eigenvalue weighted by Gasteiger charge is -2.46. The molecular weight excluding hydrogens is 286 g/mol. The maximum absolute atomic E-state index is 13.1. The van der Waals surface area contributed by atoms with E-state index in [1.807, 2.05) is 48.2 Å². The van der Waals surface area contributed by atoms with Gasteiger partial charge in [0.1, 0.15) is 0 Å². The number of hydrogen-bond acceptors (Lipinski definition) is 3. The predicted octanol–water partition coefficient (Wildman–Crippen LogP) is 2.49. The van der Waals surface area contributed by atoms with E-state index in [9.17, 15) is 4.79 Å². The molecule has 3 heterocycles. The molecule has 4 nitrogen and oxygen atoms in total. The lowest BCUT2D eigenvalue weighted by Crippen LogP contribution is -2.62. The Hall–Kier alpha value is -2.20. The monoisotopic (exact) mass is 307 g/mol. The normalized spacial score (nSPS) is 23.1. The fourth-order valence-corrected chi connectivity index (χ4v) is 3.55. The van der Waals surface area contributed by atoms with Gasteiger partial charge in [-0.15, -0.1) is 0 Å². The number of carbonyl (C=O) groups excluding carboxylic acids is 1. The molecule has 0 bridgehead atoms. The highest BCUT2D eigenvalue weighted by atomic mass is 16.2. The van der Waals surface area contributed by atoms with E-state index in [-0.39, 0.29) is 5.91 Å². The van der Waals surface area contributed by atoms with E-state index in [0.717, 1.165) is 54.4 Å². The number of likely N-dealkylation sites (tertiary alicyclic amines) is 1. The number of carbonyl (C=O) groups is 1. The molecule has 1 amide bonds.